The third-order valence-electron chi connectivity index (χ3n) is 4.44. The first-order chi connectivity index (χ1) is 14.4. The predicted octanol–water partition coefficient (Wildman–Crippen LogP) is 6.10. The van der Waals surface area contributed by atoms with Crippen LogP contribution in [0, 0.1) is 0 Å². The number of nitrogens with one attached hydrogen (secondary N) is 1. The van der Waals surface area contributed by atoms with Crippen LogP contribution in [0.5, 0.6) is 11.5 Å². The van der Waals surface area contributed by atoms with Gasteiger partial charge in [-0.2, -0.15) is 13.2 Å². The molecule has 0 saturated carbocycles. The second kappa shape index (κ2) is 9.87. The molecular formula is C23H21ClF3NO2. The van der Waals surface area contributed by atoms with Crippen LogP contribution >= 0.6 is 11.6 Å². The van der Waals surface area contributed by atoms with Crippen molar-refractivity contribution < 1.29 is 23.0 Å². The lowest BCUT2D eigenvalue weighted by Crippen LogP contribution is -2.21. The van der Waals surface area contributed by atoms with Gasteiger partial charge in [-0.25, -0.2) is 0 Å². The second-order valence-corrected chi connectivity index (χ2v) is 7.08. The molecule has 0 aromatic heterocycles. The molecule has 0 heterocycles. The van der Waals surface area contributed by atoms with Crippen molar-refractivity contribution in [2.45, 2.75) is 18.7 Å². The Morgan fingerprint density at radius 3 is 2.33 bits per heavy atom. The van der Waals surface area contributed by atoms with E-state index < -0.39 is 17.8 Å². The van der Waals surface area contributed by atoms with Crippen molar-refractivity contribution in [2.24, 2.45) is 0 Å². The number of para-hydroxylation sites is 1. The summed E-state index contributed by atoms with van der Waals surface area (Å²) in [6.07, 6.45) is -4.78. The molecule has 0 amide bonds. The van der Waals surface area contributed by atoms with E-state index in [-0.39, 0.29) is 23.9 Å². The lowest BCUT2D eigenvalue weighted by molar-refractivity contribution is -0.137. The summed E-state index contributed by atoms with van der Waals surface area (Å²) in [5, 5.41) is 12.5. The van der Waals surface area contributed by atoms with Gasteiger partial charge in [0.1, 0.15) is 5.75 Å². The molecule has 158 valence electrons. The van der Waals surface area contributed by atoms with Gasteiger partial charge in [-0.1, -0.05) is 48.5 Å². The average Bonchev–Trinajstić information content (AvgIpc) is 2.74. The van der Waals surface area contributed by atoms with Crippen molar-refractivity contribution in [1.82, 2.24) is 0 Å². The van der Waals surface area contributed by atoms with Gasteiger partial charge in [0, 0.05) is 13.0 Å². The molecule has 0 aliphatic rings. The van der Waals surface area contributed by atoms with E-state index in [0.717, 1.165) is 23.3 Å². The minimum Gasteiger partial charge on any atom is -0.455 e. The van der Waals surface area contributed by atoms with Crippen molar-refractivity contribution in [1.29, 1.82) is 0 Å². The molecule has 0 fully saturated rings. The topological polar surface area (TPSA) is 41.5 Å². The Morgan fingerprint density at radius 2 is 1.63 bits per heavy atom. The Balaban J connectivity index is 1.90. The van der Waals surface area contributed by atoms with Crippen LogP contribution in [0.25, 0.3) is 0 Å². The van der Waals surface area contributed by atoms with E-state index in [1.165, 1.54) is 6.07 Å². The van der Waals surface area contributed by atoms with Gasteiger partial charge in [-0.05, 0) is 35.4 Å². The third kappa shape index (κ3) is 5.90. The lowest BCUT2D eigenvalue weighted by Gasteiger charge is -2.18. The van der Waals surface area contributed by atoms with Crippen molar-refractivity contribution in [3.8, 4) is 11.5 Å². The number of benzene rings is 3. The number of hydrogen-bond acceptors (Lipinski definition) is 3. The van der Waals surface area contributed by atoms with Crippen LogP contribution in [-0.2, 0) is 12.6 Å². The van der Waals surface area contributed by atoms with E-state index in [1.807, 2.05) is 42.5 Å². The van der Waals surface area contributed by atoms with E-state index in [4.69, 9.17) is 16.3 Å². The van der Waals surface area contributed by atoms with Crippen molar-refractivity contribution in [3.63, 3.8) is 0 Å². The maximum absolute atomic E-state index is 13.2. The number of hydrogen-bond donors (Lipinski definition) is 2. The van der Waals surface area contributed by atoms with Crippen LogP contribution in [0.3, 0.4) is 0 Å². The Bertz CT molecular complexity index is 964. The second-order valence-electron chi connectivity index (χ2n) is 6.77. The predicted molar refractivity (Wildman–Crippen MR) is 112 cm³/mol. The summed E-state index contributed by atoms with van der Waals surface area (Å²) in [5.41, 5.74) is 1.30. The highest BCUT2D eigenvalue weighted by atomic mass is 35.5. The van der Waals surface area contributed by atoms with Crippen molar-refractivity contribution in [3.05, 3.63) is 89.5 Å². The molecule has 0 radical (unpaired) electrons. The summed E-state index contributed by atoms with van der Waals surface area (Å²) in [4.78, 5) is 0. The monoisotopic (exact) mass is 435 g/mol. The van der Waals surface area contributed by atoms with Crippen LogP contribution < -0.4 is 10.1 Å². The standard InChI is InChI=1S/C23H21ClF3NO2/c24-14-19(29)15-28-20-13-18(23(25,26)27)10-11-22(20)30-21-9-5-4-8-17(21)12-16-6-2-1-3-7-16/h1-11,13,19,28-29H,12,14-15H2. The summed E-state index contributed by atoms with van der Waals surface area (Å²) in [7, 11) is 0. The highest BCUT2D eigenvalue weighted by molar-refractivity contribution is 6.18. The van der Waals surface area contributed by atoms with Gasteiger partial charge in [-0.3, -0.25) is 0 Å². The number of aliphatic hydroxyl groups is 1. The molecule has 2 N–H and O–H groups in total. The maximum Gasteiger partial charge on any atom is 0.416 e. The molecule has 3 aromatic rings. The Morgan fingerprint density at radius 1 is 0.933 bits per heavy atom. The van der Waals surface area contributed by atoms with Crippen LogP contribution in [0.2, 0.25) is 0 Å². The van der Waals surface area contributed by atoms with Gasteiger partial charge >= 0.3 is 6.18 Å². The van der Waals surface area contributed by atoms with Gasteiger partial charge in [0.25, 0.3) is 0 Å². The molecule has 7 heteroatoms. The summed E-state index contributed by atoms with van der Waals surface area (Å²) in [5.74, 6) is 0.731. The molecule has 1 unspecified atom stereocenters. The Hall–Kier alpha value is -2.70. The summed E-state index contributed by atoms with van der Waals surface area (Å²) < 4.78 is 45.5. The number of aliphatic hydroxyl groups excluding tert-OH is 1. The quantitative estimate of drug-likeness (QED) is 0.420. The number of anilines is 1. The zero-order chi connectivity index (χ0) is 21.6. The fourth-order valence-electron chi connectivity index (χ4n) is 2.90. The molecular weight excluding hydrogens is 415 g/mol. The fourth-order valence-corrected chi connectivity index (χ4v) is 3.01. The largest absolute Gasteiger partial charge is 0.455 e. The summed E-state index contributed by atoms with van der Waals surface area (Å²) >= 11 is 5.59. The van der Waals surface area contributed by atoms with Crippen molar-refractivity contribution >= 4 is 17.3 Å². The molecule has 0 aliphatic heterocycles. The first kappa shape index (κ1) is 22.0. The zero-order valence-corrected chi connectivity index (χ0v) is 16.8. The average molecular weight is 436 g/mol. The molecule has 0 aliphatic carbocycles. The van der Waals surface area contributed by atoms with Gasteiger partial charge in [0.05, 0.1) is 23.2 Å². The highest BCUT2D eigenvalue weighted by Gasteiger charge is 2.31. The van der Waals surface area contributed by atoms with Crippen LogP contribution in [0.4, 0.5) is 18.9 Å². The molecule has 0 saturated heterocycles. The number of halogens is 4. The van der Waals surface area contributed by atoms with Gasteiger partial charge in [0.2, 0.25) is 0 Å². The van der Waals surface area contributed by atoms with Crippen LogP contribution in [0.15, 0.2) is 72.8 Å². The lowest BCUT2D eigenvalue weighted by atomic mass is 10.0. The van der Waals surface area contributed by atoms with Gasteiger partial charge in [0.15, 0.2) is 5.75 Å². The molecule has 1 atom stereocenters. The summed E-state index contributed by atoms with van der Waals surface area (Å²) in [6.45, 7) is -0.00711. The van der Waals surface area contributed by atoms with E-state index in [2.05, 4.69) is 5.32 Å². The van der Waals surface area contributed by atoms with Gasteiger partial charge < -0.3 is 15.2 Å². The number of ether oxygens (including phenoxy) is 1. The Kier molecular flexibility index (Phi) is 7.24. The minimum absolute atomic E-state index is 0.00711. The minimum atomic E-state index is -4.49. The third-order valence-corrected chi connectivity index (χ3v) is 4.80. The fraction of sp³-hybridized carbons (Fsp3) is 0.217. The molecule has 3 aromatic carbocycles. The normalized spacial score (nSPS) is 12.4. The zero-order valence-electron chi connectivity index (χ0n) is 16.0. The van der Waals surface area contributed by atoms with E-state index in [1.54, 1.807) is 12.1 Å². The first-order valence-corrected chi connectivity index (χ1v) is 9.89. The van der Waals surface area contributed by atoms with Gasteiger partial charge in [-0.15, -0.1) is 11.6 Å². The maximum atomic E-state index is 13.2. The van der Waals surface area contributed by atoms with E-state index in [0.29, 0.717) is 12.2 Å². The molecule has 3 rings (SSSR count). The molecule has 0 spiro atoms. The first-order valence-electron chi connectivity index (χ1n) is 9.35. The molecule has 3 nitrogen and oxygen atoms in total. The smallest absolute Gasteiger partial charge is 0.416 e. The number of rotatable bonds is 8. The highest BCUT2D eigenvalue weighted by Crippen LogP contribution is 2.37. The van der Waals surface area contributed by atoms with E-state index >= 15 is 0 Å². The van der Waals surface area contributed by atoms with Crippen LogP contribution in [-0.4, -0.2) is 23.6 Å². The SMILES string of the molecule is OC(CCl)CNc1cc(C(F)(F)F)ccc1Oc1ccccc1Cc1ccccc1. The Labute approximate surface area is 178 Å². The van der Waals surface area contributed by atoms with Crippen molar-refractivity contribution in [2.75, 3.05) is 17.7 Å². The van der Waals surface area contributed by atoms with Crippen LogP contribution in [0.1, 0.15) is 16.7 Å². The van der Waals surface area contributed by atoms with E-state index in [9.17, 15) is 18.3 Å². The molecule has 0 bridgehead atoms. The summed E-state index contributed by atoms with van der Waals surface area (Å²) in [6, 6.07) is 20.4. The molecule has 30 heavy (non-hydrogen) atoms. The number of alkyl halides is 4.